The standard InChI is InChI=1S/C16H22O3/c1-2-3-5-8-13-11-15(19-16(13)17)12-18-14-9-6-4-7-10-14/h4,6-7,9-10,13,15H,2-3,5,8,11-12H2,1H3. The van der Waals surface area contributed by atoms with Crippen molar-refractivity contribution in [1.82, 2.24) is 0 Å². The molecular formula is C16H22O3. The first-order chi connectivity index (χ1) is 9.29. The van der Waals surface area contributed by atoms with E-state index >= 15 is 0 Å². The molecule has 0 N–H and O–H groups in total. The van der Waals surface area contributed by atoms with Crippen LogP contribution in [0.25, 0.3) is 0 Å². The van der Waals surface area contributed by atoms with Gasteiger partial charge in [0.2, 0.25) is 0 Å². The molecule has 0 aliphatic carbocycles. The molecule has 2 unspecified atom stereocenters. The maximum absolute atomic E-state index is 11.7. The molecule has 1 saturated heterocycles. The van der Waals surface area contributed by atoms with E-state index in [1.165, 1.54) is 12.8 Å². The fraction of sp³-hybridized carbons (Fsp3) is 0.562. The molecule has 2 atom stereocenters. The minimum atomic E-state index is -0.0840. The third-order valence-corrected chi connectivity index (χ3v) is 3.50. The van der Waals surface area contributed by atoms with E-state index in [9.17, 15) is 4.79 Å². The van der Waals surface area contributed by atoms with Crippen LogP contribution in [0.2, 0.25) is 0 Å². The van der Waals surface area contributed by atoms with Crippen molar-refractivity contribution < 1.29 is 14.3 Å². The van der Waals surface area contributed by atoms with Crippen LogP contribution in [0.15, 0.2) is 30.3 Å². The van der Waals surface area contributed by atoms with Crippen molar-refractivity contribution in [2.45, 2.75) is 45.1 Å². The van der Waals surface area contributed by atoms with Gasteiger partial charge in [0.15, 0.2) is 0 Å². The summed E-state index contributed by atoms with van der Waals surface area (Å²) in [4.78, 5) is 11.7. The molecule has 1 aliphatic rings. The quantitative estimate of drug-likeness (QED) is 0.556. The number of hydrogen-bond donors (Lipinski definition) is 0. The molecule has 3 heteroatoms. The molecule has 0 spiro atoms. The smallest absolute Gasteiger partial charge is 0.309 e. The average molecular weight is 262 g/mol. The van der Waals surface area contributed by atoms with Crippen LogP contribution in [-0.4, -0.2) is 18.7 Å². The Bertz CT molecular complexity index is 388. The molecule has 0 aromatic heterocycles. The largest absolute Gasteiger partial charge is 0.490 e. The summed E-state index contributed by atoms with van der Waals surface area (Å²) in [5.74, 6) is 0.863. The molecule has 1 fully saturated rings. The zero-order chi connectivity index (χ0) is 13.5. The highest BCUT2D eigenvalue weighted by Gasteiger charge is 2.34. The van der Waals surface area contributed by atoms with Gasteiger partial charge in [0.25, 0.3) is 0 Å². The van der Waals surface area contributed by atoms with Crippen molar-refractivity contribution >= 4 is 5.97 Å². The predicted octanol–water partition coefficient (Wildman–Crippen LogP) is 3.58. The van der Waals surface area contributed by atoms with Crippen molar-refractivity contribution in [3.8, 4) is 5.75 Å². The van der Waals surface area contributed by atoms with Crippen LogP contribution in [0.1, 0.15) is 39.0 Å². The van der Waals surface area contributed by atoms with Gasteiger partial charge in [-0.25, -0.2) is 0 Å². The predicted molar refractivity (Wildman–Crippen MR) is 74.1 cm³/mol. The first-order valence-electron chi connectivity index (χ1n) is 7.18. The zero-order valence-corrected chi connectivity index (χ0v) is 11.5. The van der Waals surface area contributed by atoms with E-state index in [0.717, 1.165) is 25.0 Å². The number of carbonyl (C=O) groups is 1. The summed E-state index contributed by atoms with van der Waals surface area (Å²) in [5.41, 5.74) is 0. The van der Waals surface area contributed by atoms with Crippen LogP contribution >= 0.6 is 0 Å². The molecule has 3 nitrogen and oxygen atoms in total. The van der Waals surface area contributed by atoms with E-state index in [2.05, 4.69) is 6.92 Å². The molecule has 0 amide bonds. The lowest BCUT2D eigenvalue weighted by Gasteiger charge is -2.10. The third-order valence-electron chi connectivity index (χ3n) is 3.50. The first-order valence-corrected chi connectivity index (χ1v) is 7.18. The minimum absolute atomic E-state index is 0.0437. The summed E-state index contributed by atoms with van der Waals surface area (Å²) in [7, 11) is 0. The van der Waals surface area contributed by atoms with E-state index in [-0.39, 0.29) is 18.0 Å². The maximum atomic E-state index is 11.7. The molecular weight excluding hydrogens is 240 g/mol. The van der Waals surface area contributed by atoms with Gasteiger partial charge in [0, 0.05) is 6.42 Å². The second-order valence-electron chi connectivity index (χ2n) is 5.11. The Hall–Kier alpha value is -1.51. The summed E-state index contributed by atoms with van der Waals surface area (Å²) >= 11 is 0. The summed E-state index contributed by atoms with van der Waals surface area (Å²) in [6.45, 7) is 2.63. The van der Waals surface area contributed by atoms with Crippen LogP contribution in [0.5, 0.6) is 5.75 Å². The molecule has 0 radical (unpaired) electrons. The molecule has 104 valence electrons. The molecule has 0 saturated carbocycles. The van der Waals surface area contributed by atoms with Gasteiger partial charge < -0.3 is 9.47 Å². The van der Waals surface area contributed by atoms with E-state index in [0.29, 0.717) is 6.61 Å². The average Bonchev–Trinajstić information content (AvgIpc) is 2.79. The second-order valence-corrected chi connectivity index (χ2v) is 5.11. The summed E-state index contributed by atoms with van der Waals surface area (Å²) in [6, 6.07) is 9.64. The number of rotatable bonds is 7. The minimum Gasteiger partial charge on any atom is -0.490 e. The molecule has 1 aromatic rings. The van der Waals surface area contributed by atoms with Gasteiger partial charge >= 0.3 is 5.97 Å². The van der Waals surface area contributed by atoms with Gasteiger partial charge in [-0.1, -0.05) is 44.4 Å². The number of unbranched alkanes of at least 4 members (excludes halogenated alkanes) is 2. The van der Waals surface area contributed by atoms with Gasteiger partial charge in [-0.05, 0) is 18.6 Å². The molecule has 1 heterocycles. The second kappa shape index (κ2) is 7.17. The SMILES string of the molecule is CCCCCC1CC(COc2ccccc2)OC1=O. The number of para-hydroxylation sites is 1. The van der Waals surface area contributed by atoms with Crippen LogP contribution in [-0.2, 0) is 9.53 Å². The van der Waals surface area contributed by atoms with Gasteiger partial charge in [-0.2, -0.15) is 0 Å². The number of cyclic esters (lactones) is 1. The summed E-state index contributed by atoms with van der Waals surface area (Å²) in [6.07, 6.45) is 5.16. The fourth-order valence-corrected chi connectivity index (χ4v) is 2.41. The molecule has 2 rings (SSSR count). The van der Waals surface area contributed by atoms with Crippen molar-refractivity contribution in [2.75, 3.05) is 6.61 Å². The van der Waals surface area contributed by atoms with Crippen LogP contribution in [0, 0.1) is 5.92 Å². The highest BCUT2D eigenvalue weighted by atomic mass is 16.6. The molecule has 1 aromatic carbocycles. The van der Waals surface area contributed by atoms with Crippen LogP contribution in [0.3, 0.4) is 0 Å². The highest BCUT2D eigenvalue weighted by Crippen LogP contribution is 2.26. The van der Waals surface area contributed by atoms with E-state index in [1.807, 2.05) is 30.3 Å². The fourth-order valence-electron chi connectivity index (χ4n) is 2.41. The van der Waals surface area contributed by atoms with Gasteiger partial charge in [0.05, 0.1) is 5.92 Å². The molecule has 0 bridgehead atoms. The monoisotopic (exact) mass is 262 g/mol. The number of benzene rings is 1. The number of esters is 1. The number of carbonyl (C=O) groups excluding carboxylic acids is 1. The molecule has 1 aliphatic heterocycles. The van der Waals surface area contributed by atoms with Crippen molar-refractivity contribution in [3.05, 3.63) is 30.3 Å². The summed E-state index contributed by atoms with van der Waals surface area (Å²) < 4.78 is 11.0. The van der Waals surface area contributed by atoms with E-state index in [4.69, 9.17) is 9.47 Å². The van der Waals surface area contributed by atoms with Gasteiger partial charge in [-0.3, -0.25) is 4.79 Å². The normalized spacial score (nSPS) is 22.3. The Kier molecular flexibility index (Phi) is 5.25. The lowest BCUT2D eigenvalue weighted by molar-refractivity contribution is -0.145. The Balaban J connectivity index is 1.73. The Labute approximate surface area is 114 Å². The topological polar surface area (TPSA) is 35.5 Å². The lowest BCUT2D eigenvalue weighted by atomic mass is 9.98. The zero-order valence-electron chi connectivity index (χ0n) is 11.5. The van der Waals surface area contributed by atoms with Crippen molar-refractivity contribution in [3.63, 3.8) is 0 Å². The third kappa shape index (κ3) is 4.27. The van der Waals surface area contributed by atoms with Crippen molar-refractivity contribution in [2.24, 2.45) is 5.92 Å². The number of ether oxygens (including phenoxy) is 2. The first kappa shape index (κ1) is 13.9. The van der Waals surface area contributed by atoms with E-state index < -0.39 is 0 Å². The van der Waals surface area contributed by atoms with Crippen molar-refractivity contribution in [1.29, 1.82) is 0 Å². The Morgan fingerprint density at radius 2 is 2.05 bits per heavy atom. The molecule has 19 heavy (non-hydrogen) atoms. The number of hydrogen-bond acceptors (Lipinski definition) is 3. The van der Waals surface area contributed by atoms with Gasteiger partial charge in [-0.15, -0.1) is 0 Å². The Morgan fingerprint density at radius 3 is 2.79 bits per heavy atom. The van der Waals surface area contributed by atoms with E-state index in [1.54, 1.807) is 0 Å². The van der Waals surface area contributed by atoms with Crippen LogP contribution in [0.4, 0.5) is 0 Å². The highest BCUT2D eigenvalue weighted by molar-refractivity contribution is 5.74. The summed E-state index contributed by atoms with van der Waals surface area (Å²) in [5, 5.41) is 0. The lowest BCUT2D eigenvalue weighted by Crippen LogP contribution is -2.17. The maximum Gasteiger partial charge on any atom is 0.309 e. The van der Waals surface area contributed by atoms with Crippen LogP contribution < -0.4 is 4.74 Å². The van der Waals surface area contributed by atoms with Gasteiger partial charge in [0.1, 0.15) is 18.5 Å². The Morgan fingerprint density at radius 1 is 1.26 bits per heavy atom.